The fraction of sp³-hybridized carbons (Fsp3) is 0.206. The fourth-order valence-corrected chi connectivity index (χ4v) is 6.23. The van der Waals surface area contributed by atoms with Crippen LogP contribution in [-0.2, 0) is 4.79 Å². The third-order valence-corrected chi connectivity index (χ3v) is 8.06. The maximum Gasteiger partial charge on any atom is 0.329 e. The van der Waals surface area contributed by atoms with Crippen LogP contribution in [0, 0.1) is 0 Å². The summed E-state index contributed by atoms with van der Waals surface area (Å²) in [5.74, 6) is -1.13. The van der Waals surface area contributed by atoms with E-state index in [0.717, 1.165) is 6.42 Å². The van der Waals surface area contributed by atoms with Gasteiger partial charge in [-0.05, 0) is 67.8 Å². The third kappa shape index (κ3) is 5.07. The number of benzene rings is 4. The highest BCUT2D eigenvalue weighted by Crippen LogP contribution is 2.38. The molecule has 8 heteroatoms. The Morgan fingerprint density at radius 3 is 1.40 bits per heavy atom. The van der Waals surface area contributed by atoms with Gasteiger partial charge in [0, 0.05) is 6.54 Å². The first-order chi connectivity index (χ1) is 20.5. The highest BCUT2D eigenvalue weighted by molar-refractivity contribution is 6.03. The van der Waals surface area contributed by atoms with E-state index in [2.05, 4.69) is 0 Å². The van der Waals surface area contributed by atoms with Gasteiger partial charge in [-0.15, -0.1) is 0 Å². The predicted octanol–water partition coefficient (Wildman–Crippen LogP) is 6.89. The van der Waals surface area contributed by atoms with Crippen LogP contribution < -0.4 is 9.80 Å². The van der Waals surface area contributed by atoms with Gasteiger partial charge in [0.05, 0.1) is 34.8 Å². The summed E-state index contributed by atoms with van der Waals surface area (Å²) in [6.45, 7) is 0.117. The van der Waals surface area contributed by atoms with Crippen LogP contribution in [0.1, 0.15) is 19.3 Å². The van der Waals surface area contributed by atoms with Crippen LogP contribution in [-0.4, -0.2) is 57.6 Å². The minimum Gasteiger partial charge on any atom is -0.480 e. The van der Waals surface area contributed by atoms with Crippen LogP contribution in [0.5, 0.6) is 0 Å². The number of hydrogen-bond donors (Lipinski definition) is 1. The highest BCUT2D eigenvalue weighted by Gasteiger charge is 2.52. The Labute approximate surface area is 245 Å². The molecule has 0 radical (unpaired) electrons. The van der Waals surface area contributed by atoms with Gasteiger partial charge in [-0.3, -0.25) is 9.80 Å². The van der Waals surface area contributed by atoms with Crippen molar-refractivity contribution in [2.24, 2.45) is 0 Å². The molecular weight excluding hydrogens is 528 g/mol. The summed E-state index contributed by atoms with van der Waals surface area (Å²) in [6, 6.07) is 34.3. The van der Waals surface area contributed by atoms with Crippen molar-refractivity contribution >= 4 is 40.8 Å². The van der Waals surface area contributed by atoms with Gasteiger partial charge in [-0.25, -0.2) is 14.4 Å². The molecule has 4 amide bonds. The summed E-state index contributed by atoms with van der Waals surface area (Å²) in [5.41, 5.74) is 2.66. The van der Waals surface area contributed by atoms with E-state index >= 15 is 0 Å². The number of piperazine rings is 1. The molecule has 1 N–H and O–H groups in total. The SMILES string of the molecule is O=C(O)[C@@H]1[C@H]2CCC[C@@H](CN1C(=O)N(c1ccccc1)c1ccccc1)N2C(=O)N(c1ccccc1)c1ccccc1. The summed E-state index contributed by atoms with van der Waals surface area (Å²) in [5, 5.41) is 10.6. The molecule has 4 aromatic rings. The van der Waals surface area contributed by atoms with Crippen molar-refractivity contribution in [2.75, 3.05) is 16.3 Å². The van der Waals surface area contributed by atoms with Crippen molar-refractivity contribution in [2.45, 2.75) is 37.4 Å². The molecule has 0 aliphatic carbocycles. The first-order valence-corrected chi connectivity index (χ1v) is 14.2. The molecule has 2 saturated heterocycles. The molecule has 4 aromatic carbocycles. The maximum atomic E-state index is 14.5. The Kier molecular flexibility index (Phi) is 7.60. The number of nitrogens with zero attached hydrogens (tertiary/aromatic N) is 4. The number of piperidine rings is 1. The standard InChI is InChI=1S/C34H32N4O4/c39-32(40)31-30-23-13-22-29(38(30)34(42)37(27-18-9-3-10-19-27)28-20-11-4-12-21-28)24-35(31)33(41)36(25-14-5-1-6-15-25)26-16-7-2-8-17-26/h1-12,14-21,29-31H,13,22-24H2,(H,39,40)/t29-,30+,31-/m0/s1. The van der Waals surface area contributed by atoms with E-state index in [0.29, 0.717) is 35.6 Å². The van der Waals surface area contributed by atoms with E-state index in [1.807, 2.05) is 121 Å². The molecule has 8 nitrogen and oxygen atoms in total. The van der Waals surface area contributed by atoms with Crippen molar-refractivity contribution in [1.29, 1.82) is 0 Å². The molecule has 0 spiro atoms. The second kappa shape index (κ2) is 11.8. The van der Waals surface area contributed by atoms with Gasteiger partial charge in [-0.1, -0.05) is 72.8 Å². The van der Waals surface area contributed by atoms with Crippen molar-refractivity contribution < 1.29 is 19.5 Å². The number of likely N-dealkylation sites (tertiary alicyclic amines) is 1. The quantitative estimate of drug-likeness (QED) is 0.288. The number of anilines is 4. The van der Waals surface area contributed by atoms with E-state index < -0.39 is 24.1 Å². The Balaban J connectivity index is 1.39. The Morgan fingerprint density at radius 1 is 0.595 bits per heavy atom. The molecule has 0 aromatic heterocycles. The number of rotatable bonds is 5. The zero-order valence-corrected chi connectivity index (χ0v) is 23.1. The van der Waals surface area contributed by atoms with Crippen LogP contribution in [0.3, 0.4) is 0 Å². The number of urea groups is 2. The monoisotopic (exact) mass is 560 g/mol. The van der Waals surface area contributed by atoms with E-state index in [4.69, 9.17) is 0 Å². The van der Waals surface area contributed by atoms with E-state index in [9.17, 15) is 19.5 Å². The van der Waals surface area contributed by atoms with Gasteiger partial charge in [0.25, 0.3) is 0 Å². The highest BCUT2D eigenvalue weighted by atomic mass is 16.4. The molecule has 6 rings (SSSR count). The lowest BCUT2D eigenvalue weighted by molar-refractivity contribution is -0.148. The lowest BCUT2D eigenvalue weighted by atomic mass is 9.86. The average molecular weight is 561 g/mol. The van der Waals surface area contributed by atoms with Crippen LogP contribution >= 0.6 is 0 Å². The summed E-state index contributed by atoms with van der Waals surface area (Å²) < 4.78 is 0. The van der Waals surface area contributed by atoms with Crippen molar-refractivity contribution in [3.63, 3.8) is 0 Å². The van der Waals surface area contributed by atoms with Crippen LogP contribution in [0.4, 0.5) is 32.3 Å². The van der Waals surface area contributed by atoms with E-state index in [-0.39, 0.29) is 18.6 Å². The second-order valence-corrected chi connectivity index (χ2v) is 10.6. The number of carbonyl (C=O) groups is 3. The second-order valence-electron chi connectivity index (χ2n) is 10.6. The molecule has 2 aliphatic heterocycles. The minimum absolute atomic E-state index is 0.117. The largest absolute Gasteiger partial charge is 0.480 e. The lowest BCUT2D eigenvalue weighted by Gasteiger charge is -2.54. The van der Waals surface area contributed by atoms with Gasteiger partial charge in [0.1, 0.15) is 0 Å². The van der Waals surface area contributed by atoms with Gasteiger partial charge in [0.15, 0.2) is 6.04 Å². The van der Waals surface area contributed by atoms with Gasteiger partial charge >= 0.3 is 18.0 Å². The van der Waals surface area contributed by atoms with E-state index in [1.54, 1.807) is 14.7 Å². The first-order valence-electron chi connectivity index (χ1n) is 14.2. The molecule has 2 heterocycles. The smallest absolute Gasteiger partial charge is 0.329 e. The van der Waals surface area contributed by atoms with Crippen LogP contribution in [0.2, 0.25) is 0 Å². The van der Waals surface area contributed by atoms with Gasteiger partial charge in [-0.2, -0.15) is 0 Å². The van der Waals surface area contributed by atoms with Gasteiger partial charge in [0.2, 0.25) is 0 Å². The number of para-hydroxylation sites is 4. The molecular formula is C34H32N4O4. The summed E-state index contributed by atoms with van der Waals surface area (Å²) in [7, 11) is 0. The molecule has 2 aliphatic rings. The average Bonchev–Trinajstić information content (AvgIpc) is 3.02. The van der Waals surface area contributed by atoms with Crippen molar-refractivity contribution in [3.8, 4) is 0 Å². The zero-order chi connectivity index (χ0) is 29.1. The predicted molar refractivity (Wildman–Crippen MR) is 162 cm³/mol. The third-order valence-electron chi connectivity index (χ3n) is 8.06. The van der Waals surface area contributed by atoms with Crippen LogP contribution in [0.15, 0.2) is 121 Å². The molecule has 2 bridgehead atoms. The molecule has 2 fully saturated rings. The zero-order valence-electron chi connectivity index (χ0n) is 23.1. The number of hydrogen-bond acceptors (Lipinski definition) is 3. The summed E-state index contributed by atoms with van der Waals surface area (Å²) >= 11 is 0. The lowest BCUT2D eigenvalue weighted by Crippen LogP contribution is -2.72. The topological polar surface area (TPSA) is 84.4 Å². The van der Waals surface area contributed by atoms with Crippen LogP contribution in [0.25, 0.3) is 0 Å². The maximum absolute atomic E-state index is 14.5. The molecule has 212 valence electrons. The molecule has 0 unspecified atom stereocenters. The fourth-order valence-electron chi connectivity index (χ4n) is 6.23. The number of amides is 4. The normalized spacial score (nSPS) is 19.6. The number of fused-ring (bicyclic) bond motifs is 2. The number of carboxylic acid groups (broad SMARTS) is 1. The summed E-state index contributed by atoms with van der Waals surface area (Å²) in [4.78, 5) is 48.2. The van der Waals surface area contributed by atoms with Gasteiger partial charge < -0.3 is 14.9 Å². The van der Waals surface area contributed by atoms with Crippen molar-refractivity contribution in [3.05, 3.63) is 121 Å². The molecule has 0 saturated carbocycles. The number of aliphatic carboxylic acids is 1. The first kappa shape index (κ1) is 27.1. The van der Waals surface area contributed by atoms with Crippen molar-refractivity contribution in [1.82, 2.24) is 9.80 Å². The number of carbonyl (C=O) groups excluding carboxylic acids is 2. The molecule has 42 heavy (non-hydrogen) atoms. The Morgan fingerprint density at radius 2 is 1.00 bits per heavy atom. The summed E-state index contributed by atoms with van der Waals surface area (Å²) in [6.07, 6.45) is 1.94. The Bertz CT molecular complexity index is 1460. The molecule has 3 atom stereocenters. The minimum atomic E-state index is -1.21. The number of carboxylic acids is 1. The Hall–Kier alpha value is -5.11. The van der Waals surface area contributed by atoms with E-state index in [1.165, 1.54) is 4.90 Å².